The third kappa shape index (κ3) is 4.89. The summed E-state index contributed by atoms with van der Waals surface area (Å²) in [7, 11) is 1.52. The normalized spacial score (nSPS) is 15.8. The number of halogens is 2. The van der Waals surface area contributed by atoms with Crippen LogP contribution in [0.2, 0.25) is 5.02 Å². The maximum absolute atomic E-state index is 13.4. The monoisotopic (exact) mass is 471 g/mol. The highest BCUT2D eigenvalue weighted by Gasteiger charge is 2.40. The van der Waals surface area contributed by atoms with Crippen molar-refractivity contribution < 1.29 is 23.5 Å². The molecule has 0 bridgehead atoms. The Kier molecular flexibility index (Phi) is 6.67. The number of imide groups is 1. The van der Waals surface area contributed by atoms with Gasteiger partial charge in [-0.15, -0.1) is 0 Å². The molecule has 4 rings (SSSR count). The molecule has 1 heterocycles. The van der Waals surface area contributed by atoms with E-state index >= 15 is 0 Å². The van der Waals surface area contributed by atoms with Crippen molar-refractivity contribution in [2.75, 3.05) is 12.0 Å². The fourth-order valence-electron chi connectivity index (χ4n) is 3.40. The van der Waals surface area contributed by atoms with Crippen molar-refractivity contribution in [1.29, 1.82) is 0 Å². The summed E-state index contributed by atoms with van der Waals surface area (Å²) in [6.07, 6.45) is 0.354. The second-order valence-electron chi connectivity index (χ2n) is 7.13. The smallest absolute Gasteiger partial charge is 0.293 e. The van der Waals surface area contributed by atoms with Crippen LogP contribution in [0, 0.1) is 5.82 Å². The van der Waals surface area contributed by atoms with Crippen LogP contribution >= 0.6 is 23.4 Å². The van der Waals surface area contributed by atoms with Gasteiger partial charge in [0.2, 0.25) is 5.91 Å². The van der Waals surface area contributed by atoms with Gasteiger partial charge in [-0.2, -0.15) is 0 Å². The Labute approximate surface area is 194 Å². The molecular formula is C24H19ClFNO4S. The third-order valence-electron chi connectivity index (χ3n) is 4.92. The van der Waals surface area contributed by atoms with Gasteiger partial charge >= 0.3 is 0 Å². The Morgan fingerprint density at radius 2 is 1.81 bits per heavy atom. The highest BCUT2D eigenvalue weighted by atomic mass is 35.5. The van der Waals surface area contributed by atoms with Crippen LogP contribution in [0.4, 0.5) is 14.9 Å². The highest BCUT2D eigenvalue weighted by Crippen LogP contribution is 2.36. The van der Waals surface area contributed by atoms with E-state index in [2.05, 4.69) is 0 Å². The van der Waals surface area contributed by atoms with Crippen molar-refractivity contribution in [3.63, 3.8) is 0 Å². The molecule has 0 aliphatic carbocycles. The lowest BCUT2D eigenvalue weighted by molar-refractivity contribution is -0.117. The number of rotatable bonds is 7. The molecule has 0 N–H and O–H groups in total. The number of nitrogens with zero attached hydrogens (tertiary/aromatic N) is 1. The summed E-state index contributed by atoms with van der Waals surface area (Å²) < 4.78 is 24.6. The summed E-state index contributed by atoms with van der Waals surface area (Å²) in [5, 5.41) is -0.426. The minimum absolute atomic E-state index is 0.188. The van der Waals surface area contributed by atoms with Gasteiger partial charge in [-0.3, -0.25) is 9.59 Å². The van der Waals surface area contributed by atoms with Gasteiger partial charge < -0.3 is 9.47 Å². The van der Waals surface area contributed by atoms with E-state index < -0.39 is 5.25 Å². The van der Waals surface area contributed by atoms with Gasteiger partial charge in [0.15, 0.2) is 11.5 Å². The van der Waals surface area contributed by atoms with E-state index in [0.29, 0.717) is 34.2 Å². The van der Waals surface area contributed by atoms with Crippen LogP contribution in [0.3, 0.4) is 0 Å². The minimum Gasteiger partial charge on any atom is -0.493 e. The number of methoxy groups -OCH3 is 1. The number of hydrogen-bond acceptors (Lipinski definition) is 5. The van der Waals surface area contributed by atoms with Crippen molar-refractivity contribution in [3.05, 3.63) is 88.7 Å². The second-order valence-corrected chi connectivity index (χ2v) is 8.72. The zero-order valence-electron chi connectivity index (χ0n) is 17.1. The van der Waals surface area contributed by atoms with E-state index in [9.17, 15) is 14.0 Å². The summed E-state index contributed by atoms with van der Waals surface area (Å²) in [6.45, 7) is 0.188. The van der Waals surface area contributed by atoms with E-state index in [1.54, 1.807) is 48.5 Å². The Bertz CT molecular complexity index is 1170. The van der Waals surface area contributed by atoms with Crippen LogP contribution in [0.25, 0.3) is 0 Å². The Balaban J connectivity index is 1.46. The van der Waals surface area contributed by atoms with Crippen molar-refractivity contribution >= 4 is 40.2 Å². The Morgan fingerprint density at radius 3 is 2.56 bits per heavy atom. The van der Waals surface area contributed by atoms with E-state index in [-0.39, 0.29) is 23.6 Å². The zero-order chi connectivity index (χ0) is 22.7. The van der Waals surface area contributed by atoms with E-state index in [1.807, 2.05) is 6.07 Å². The average molecular weight is 472 g/mol. The molecule has 8 heteroatoms. The van der Waals surface area contributed by atoms with Gasteiger partial charge in [0.1, 0.15) is 12.4 Å². The first kappa shape index (κ1) is 22.2. The molecule has 5 nitrogen and oxygen atoms in total. The van der Waals surface area contributed by atoms with Crippen molar-refractivity contribution in [2.24, 2.45) is 0 Å². The van der Waals surface area contributed by atoms with Gasteiger partial charge in [0.25, 0.3) is 5.24 Å². The van der Waals surface area contributed by atoms with Gasteiger partial charge in [-0.05, 0) is 60.0 Å². The first-order valence-electron chi connectivity index (χ1n) is 9.79. The second kappa shape index (κ2) is 9.63. The number of hydrogen-bond donors (Lipinski definition) is 0. The Hall–Kier alpha value is -3.03. The number of carbonyl (C=O) groups excluding carboxylic acids is 2. The van der Waals surface area contributed by atoms with Crippen LogP contribution in [0.5, 0.6) is 11.5 Å². The molecule has 3 aromatic carbocycles. The van der Waals surface area contributed by atoms with Crippen molar-refractivity contribution in [2.45, 2.75) is 18.3 Å². The topological polar surface area (TPSA) is 55.8 Å². The fraction of sp³-hybridized carbons (Fsp3) is 0.167. The molecule has 1 fully saturated rings. The SMILES string of the molecule is COc1cc(C[C@H]2SC(=O)N(c3cccc(Cl)c3)C2=O)ccc1OCc1cccc(F)c1. The largest absolute Gasteiger partial charge is 0.493 e. The average Bonchev–Trinajstić information content (AvgIpc) is 3.05. The number of anilines is 1. The van der Waals surface area contributed by atoms with Crippen LogP contribution in [-0.4, -0.2) is 23.5 Å². The lowest BCUT2D eigenvalue weighted by Crippen LogP contribution is -2.32. The fourth-order valence-corrected chi connectivity index (χ4v) is 4.61. The molecule has 0 unspecified atom stereocenters. The first-order valence-corrected chi connectivity index (χ1v) is 11.0. The number of thioether (sulfide) groups is 1. The summed E-state index contributed by atoms with van der Waals surface area (Å²) in [6, 6.07) is 18.2. The predicted octanol–water partition coefficient (Wildman–Crippen LogP) is 5.88. The van der Waals surface area contributed by atoms with E-state index in [4.69, 9.17) is 21.1 Å². The Morgan fingerprint density at radius 1 is 1.00 bits per heavy atom. The maximum Gasteiger partial charge on any atom is 0.293 e. The van der Waals surface area contributed by atoms with Gasteiger partial charge in [0.05, 0.1) is 18.0 Å². The summed E-state index contributed by atoms with van der Waals surface area (Å²) in [5.74, 6) is 0.385. The highest BCUT2D eigenvalue weighted by molar-refractivity contribution is 8.15. The van der Waals surface area contributed by atoms with Crippen LogP contribution in [0.15, 0.2) is 66.7 Å². The molecule has 0 radical (unpaired) electrons. The molecule has 3 aromatic rings. The van der Waals surface area contributed by atoms with Gasteiger partial charge in [-0.1, -0.05) is 47.6 Å². The molecule has 1 aliphatic rings. The van der Waals surface area contributed by atoms with Crippen LogP contribution in [-0.2, 0) is 17.8 Å². The quantitative estimate of drug-likeness (QED) is 0.431. The van der Waals surface area contributed by atoms with Gasteiger partial charge in [0, 0.05) is 5.02 Å². The molecule has 1 atom stereocenters. The van der Waals surface area contributed by atoms with Crippen LogP contribution < -0.4 is 14.4 Å². The molecule has 32 heavy (non-hydrogen) atoms. The minimum atomic E-state index is -0.551. The first-order chi connectivity index (χ1) is 15.4. The number of carbonyl (C=O) groups is 2. The molecule has 2 amide bonds. The number of amides is 2. The zero-order valence-corrected chi connectivity index (χ0v) is 18.7. The number of benzene rings is 3. The lowest BCUT2D eigenvalue weighted by atomic mass is 10.1. The summed E-state index contributed by atoms with van der Waals surface area (Å²) >= 11 is 7.00. The molecule has 1 aliphatic heterocycles. The van der Waals surface area contributed by atoms with Crippen molar-refractivity contribution in [1.82, 2.24) is 0 Å². The number of ether oxygens (including phenoxy) is 2. The van der Waals surface area contributed by atoms with E-state index in [1.165, 1.54) is 19.2 Å². The summed E-state index contributed by atoms with van der Waals surface area (Å²) in [5.41, 5.74) is 1.98. The molecule has 0 spiro atoms. The van der Waals surface area contributed by atoms with Gasteiger partial charge in [-0.25, -0.2) is 9.29 Å². The third-order valence-corrected chi connectivity index (χ3v) is 6.19. The molecular weight excluding hydrogens is 453 g/mol. The molecule has 1 saturated heterocycles. The van der Waals surface area contributed by atoms with E-state index in [0.717, 1.165) is 22.2 Å². The molecule has 164 valence electrons. The maximum atomic E-state index is 13.4. The molecule has 0 saturated carbocycles. The molecule has 0 aromatic heterocycles. The lowest BCUT2D eigenvalue weighted by Gasteiger charge is -2.15. The van der Waals surface area contributed by atoms with Crippen molar-refractivity contribution in [3.8, 4) is 11.5 Å². The van der Waals surface area contributed by atoms with Crippen LogP contribution in [0.1, 0.15) is 11.1 Å². The summed E-state index contributed by atoms with van der Waals surface area (Å²) in [4.78, 5) is 26.5. The predicted molar refractivity (Wildman–Crippen MR) is 123 cm³/mol. The standard InChI is InChI=1S/C24H19ClFNO4S/c1-30-21-11-15(8-9-20(21)31-14-16-4-2-6-18(26)10-16)12-22-23(28)27(24(29)32-22)19-7-3-5-17(25)13-19/h2-11,13,22H,12,14H2,1H3/t22-/m1/s1.